The fraction of sp³-hybridized carbons (Fsp3) is 0.667. The van der Waals surface area contributed by atoms with E-state index in [-0.39, 0.29) is 39.1 Å². The summed E-state index contributed by atoms with van der Waals surface area (Å²) in [6.07, 6.45) is 1.95. The minimum absolute atomic E-state index is 0.00574. The van der Waals surface area contributed by atoms with E-state index in [1.807, 2.05) is 13.8 Å². The van der Waals surface area contributed by atoms with Gasteiger partial charge in [-0.25, -0.2) is 8.42 Å². The zero-order chi connectivity index (χ0) is 22.1. The fourth-order valence-electron chi connectivity index (χ4n) is 4.09. The van der Waals surface area contributed by atoms with Crippen LogP contribution in [0.15, 0.2) is 23.1 Å². The second-order valence-electron chi connectivity index (χ2n) is 8.91. The first-order valence-corrected chi connectivity index (χ1v) is 12.3. The summed E-state index contributed by atoms with van der Waals surface area (Å²) in [5, 5.41) is 3.10. The van der Waals surface area contributed by atoms with Crippen LogP contribution < -0.4 is 5.32 Å². The van der Waals surface area contributed by atoms with Gasteiger partial charge in [0.05, 0.1) is 17.2 Å². The Morgan fingerprint density at radius 1 is 1.20 bits per heavy atom. The van der Waals surface area contributed by atoms with E-state index >= 15 is 0 Å². The van der Waals surface area contributed by atoms with Crippen LogP contribution in [-0.2, 0) is 14.8 Å². The molecule has 2 aliphatic rings. The predicted octanol–water partition coefficient (Wildman–Crippen LogP) is 2.74. The van der Waals surface area contributed by atoms with Gasteiger partial charge >= 0.3 is 0 Å². The van der Waals surface area contributed by atoms with E-state index in [0.29, 0.717) is 19.6 Å². The Kier molecular flexibility index (Phi) is 7.14. The monoisotopic (exact) mass is 457 g/mol. The van der Waals surface area contributed by atoms with Crippen molar-refractivity contribution in [1.29, 1.82) is 0 Å². The van der Waals surface area contributed by atoms with Gasteiger partial charge in [0.2, 0.25) is 10.0 Å². The van der Waals surface area contributed by atoms with Crippen LogP contribution in [0.4, 0.5) is 0 Å². The van der Waals surface area contributed by atoms with Gasteiger partial charge in [-0.3, -0.25) is 9.69 Å². The Hall–Kier alpha value is -1.19. The normalized spacial score (nSPS) is 24.2. The number of nitrogens with one attached hydrogen (secondary N) is 1. The minimum atomic E-state index is -3.70. The Bertz CT molecular complexity index is 874. The molecule has 1 aromatic rings. The highest BCUT2D eigenvalue weighted by atomic mass is 35.5. The summed E-state index contributed by atoms with van der Waals surface area (Å²) in [5.41, 5.74) is 0.0236. The third-order valence-corrected chi connectivity index (χ3v) is 8.21. The minimum Gasteiger partial charge on any atom is -0.373 e. The number of rotatable bonds is 6. The average molecular weight is 458 g/mol. The molecule has 0 aliphatic carbocycles. The molecular formula is C21H32ClN3O4S. The standard InChI is InChI=1S/C21H32ClN3O4S/c1-15-12-24(13-16(2)29-15)21(3,4)14-23-20(26)17-7-8-18(22)19(11-17)30(27,28)25-9-5-6-10-25/h7-8,11,15-16H,5-6,9-10,12-14H2,1-4H3,(H,23,26). The largest absolute Gasteiger partial charge is 0.373 e. The molecule has 7 nitrogen and oxygen atoms in total. The van der Waals surface area contributed by atoms with E-state index in [0.717, 1.165) is 25.9 Å². The van der Waals surface area contributed by atoms with E-state index in [4.69, 9.17) is 16.3 Å². The molecule has 2 aliphatic heterocycles. The number of ether oxygens (including phenoxy) is 1. The molecule has 0 bridgehead atoms. The number of halogens is 1. The van der Waals surface area contributed by atoms with E-state index < -0.39 is 10.0 Å². The second kappa shape index (κ2) is 9.12. The van der Waals surface area contributed by atoms with Crippen LogP contribution in [-0.4, -0.2) is 74.0 Å². The van der Waals surface area contributed by atoms with Crippen molar-refractivity contribution in [3.05, 3.63) is 28.8 Å². The maximum absolute atomic E-state index is 12.9. The van der Waals surface area contributed by atoms with Gasteiger partial charge in [0.15, 0.2) is 0 Å². The first kappa shape index (κ1) is 23.5. The van der Waals surface area contributed by atoms with Crippen molar-refractivity contribution in [2.24, 2.45) is 0 Å². The maximum Gasteiger partial charge on any atom is 0.251 e. The molecule has 0 radical (unpaired) electrons. The van der Waals surface area contributed by atoms with E-state index in [1.165, 1.54) is 16.4 Å². The van der Waals surface area contributed by atoms with Gasteiger partial charge in [-0.15, -0.1) is 0 Å². The van der Waals surface area contributed by atoms with Crippen molar-refractivity contribution >= 4 is 27.5 Å². The highest BCUT2D eigenvalue weighted by Gasteiger charge is 2.34. The molecule has 168 valence electrons. The van der Waals surface area contributed by atoms with Crippen molar-refractivity contribution in [1.82, 2.24) is 14.5 Å². The van der Waals surface area contributed by atoms with Crippen molar-refractivity contribution in [3.8, 4) is 0 Å². The molecule has 2 fully saturated rings. The second-order valence-corrected chi connectivity index (χ2v) is 11.2. The van der Waals surface area contributed by atoms with E-state index in [2.05, 4.69) is 24.1 Å². The Morgan fingerprint density at radius 3 is 2.40 bits per heavy atom. The molecule has 2 unspecified atom stereocenters. The van der Waals surface area contributed by atoms with Crippen molar-refractivity contribution in [3.63, 3.8) is 0 Å². The summed E-state index contributed by atoms with van der Waals surface area (Å²) in [6, 6.07) is 4.43. The molecule has 0 aromatic heterocycles. The van der Waals surface area contributed by atoms with Gasteiger partial charge in [-0.2, -0.15) is 4.31 Å². The summed E-state index contributed by atoms with van der Waals surface area (Å²) >= 11 is 6.19. The quantitative estimate of drug-likeness (QED) is 0.710. The number of hydrogen-bond donors (Lipinski definition) is 1. The Morgan fingerprint density at radius 2 is 1.80 bits per heavy atom. The number of carbonyl (C=O) groups is 1. The number of amides is 1. The molecule has 2 saturated heterocycles. The van der Waals surface area contributed by atoms with Crippen molar-refractivity contribution in [2.75, 3.05) is 32.7 Å². The van der Waals surface area contributed by atoms with Crippen molar-refractivity contribution in [2.45, 2.75) is 63.2 Å². The van der Waals surface area contributed by atoms with Gasteiger partial charge < -0.3 is 10.1 Å². The summed E-state index contributed by atoms with van der Waals surface area (Å²) in [6.45, 7) is 11.3. The molecule has 1 aromatic carbocycles. The zero-order valence-electron chi connectivity index (χ0n) is 18.2. The van der Waals surface area contributed by atoms with Crippen LogP contribution in [0.1, 0.15) is 50.9 Å². The van der Waals surface area contributed by atoms with Crippen LogP contribution >= 0.6 is 11.6 Å². The lowest BCUT2D eigenvalue weighted by Crippen LogP contribution is -2.58. The summed E-state index contributed by atoms with van der Waals surface area (Å²) in [5.74, 6) is -0.313. The lowest BCUT2D eigenvalue weighted by atomic mass is 10.00. The SMILES string of the molecule is CC1CN(C(C)(C)CNC(=O)c2ccc(Cl)c(S(=O)(=O)N3CCCC3)c2)CC(C)O1. The van der Waals surface area contributed by atoms with E-state index in [1.54, 1.807) is 6.07 Å². The number of carbonyl (C=O) groups excluding carboxylic acids is 1. The lowest BCUT2D eigenvalue weighted by Gasteiger charge is -2.45. The number of nitrogens with zero attached hydrogens (tertiary/aromatic N) is 2. The highest BCUT2D eigenvalue weighted by Crippen LogP contribution is 2.28. The number of sulfonamides is 1. The van der Waals surface area contributed by atoms with Crippen LogP contribution in [0.5, 0.6) is 0 Å². The molecule has 2 atom stereocenters. The first-order valence-electron chi connectivity index (χ1n) is 10.5. The molecule has 30 heavy (non-hydrogen) atoms. The van der Waals surface area contributed by atoms with Gasteiger partial charge in [-0.1, -0.05) is 11.6 Å². The zero-order valence-corrected chi connectivity index (χ0v) is 19.7. The first-order chi connectivity index (χ1) is 14.0. The molecular weight excluding hydrogens is 426 g/mol. The topological polar surface area (TPSA) is 79.0 Å². The molecule has 1 amide bonds. The van der Waals surface area contributed by atoms with Crippen LogP contribution in [0.2, 0.25) is 5.02 Å². The van der Waals surface area contributed by atoms with Gasteiger partial charge in [0.1, 0.15) is 4.90 Å². The van der Waals surface area contributed by atoms with Crippen LogP contribution in [0, 0.1) is 0 Å². The highest BCUT2D eigenvalue weighted by molar-refractivity contribution is 7.89. The molecule has 0 spiro atoms. The number of morpholine rings is 1. The number of hydrogen-bond acceptors (Lipinski definition) is 5. The molecule has 1 N–H and O–H groups in total. The Labute approximate surface area is 184 Å². The van der Waals surface area contributed by atoms with Gasteiger partial charge in [0, 0.05) is 43.8 Å². The van der Waals surface area contributed by atoms with Gasteiger partial charge in [0.25, 0.3) is 5.91 Å². The smallest absolute Gasteiger partial charge is 0.251 e. The summed E-state index contributed by atoms with van der Waals surface area (Å²) in [7, 11) is -3.70. The Balaban J connectivity index is 1.71. The molecule has 2 heterocycles. The summed E-state index contributed by atoms with van der Waals surface area (Å²) in [4.78, 5) is 15.1. The van der Waals surface area contributed by atoms with Crippen LogP contribution in [0.25, 0.3) is 0 Å². The van der Waals surface area contributed by atoms with Crippen molar-refractivity contribution < 1.29 is 17.9 Å². The molecule has 0 saturated carbocycles. The third-order valence-electron chi connectivity index (χ3n) is 5.83. The molecule has 3 rings (SSSR count). The number of benzene rings is 1. The third kappa shape index (κ3) is 5.16. The van der Waals surface area contributed by atoms with Crippen LogP contribution in [0.3, 0.4) is 0 Å². The average Bonchev–Trinajstić information content (AvgIpc) is 3.21. The maximum atomic E-state index is 12.9. The lowest BCUT2D eigenvalue weighted by molar-refractivity contribution is -0.0948. The van der Waals surface area contributed by atoms with Gasteiger partial charge in [-0.05, 0) is 58.7 Å². The predicted molar refractivity (Wildman–Crippen MR) is 117 cm³/mol. The fourth-order valence-corrected chi connectivity index (χ4v) is 6.11. The van der Waals surface area contributed by atoms with E-state index in [9.17, 15) is 13.2 Å². The molecule has 9 heteroatoms. The summed E-state index contributed by atoms with van der Waals surface area (Å²) < 4.78 is 33.0.